The number of carbonyl (C=O) groups excluding carboxylic acids is 2. The van der Waals surface area contributed by atoms with Gasteiger partial charge in [-0.2, -0.15) is 0 Å². The van der Waals surface area contributed by atoms with Crippen LogP contribution in [0.2, 0.25) is 0 Å². The zero-order chi connectivity index (χ0) is 13.1. The lowest BCUT2D eigenvalue weighted by Gasteiger charge is -2.11. The Balaban J connectivity index is 3.53. The molecule has 0 aromatic heterocycles. The molecule has 0 aliphatic heterocycles. The number of hydrogen-bond acceptors (Lipinski definition) is 5. The van der Waals surface area contributed by atoms with E-state index in [1.165, 1.54) is 0 Å². The molecule has 100 valence electrons. The topological polar surface area (TPSA) is 61.8 Å². The van der Waals surface area contributed by atoms with Gasteiger partial charge < -0.3 is 14.2 Å². The fraction of sp³-hybridized carbons (Fsp3) is 0.833. The Morgan fingerprint density at radius 2 is 1.71 bits per heavy atom. The smallest absolute Gasteiger partial charge is 0.332 e. The molecule has 0 aliphatic rings. The van der Waals surface area contributed by atoms with Crippen LogP contribution in [0.5, 0.6) is 0 Å². The highest BCUT2D eigenvalue weighted by Gasteiger charge is 2.10. The maximum Gasteiger partial charge on any atom is 0.332 e. The minimum atomic E-state index is -0.457. The van der Waals surface area contributed by atoms with Crippen molar-refractivity contribution in [3.63, 3.8) is 0 Å². The van der Waals surface area contributed by atoms with Gasteiger partial charge >= 0.3 is 11.9 Å². The molecule has 0 saturated heterocycles. The maximum atomic E-state index is 11.2. The van der Waals surface area contributed by atoms with Crippen LogP contribution in [0.25, 0.3) is 0 Å². The number of esters is 2. The number of rotatable bonds is 9. The van der Waals surface area contributed by atoms with E-state index in [9.17, 15) is 9.59 Å². The Morgan fingerprint density at radius 3 is 2.29 bits per heavy atom. The summed E-state index contributed by atoms with van der Waals surface area (Å²) in [5.41, 5.74) is 0. The van der Waals surface area contributed by atoms with Gasteiger partial charge in [0.2, 0.25) is 0 Å². The van der Waals surface area contributed by atoms with Gasteiger partial charge in [-0.1, -0.05) is 20.3 Å². The molecule has 0 N–H and O–H groups in total. The molecule has 0 aliphatic carbocycles. The third kappa shape index (κ3) is 9.81. The lowest BCUT2D eigenvalue weighted by molar-refractivity contribution is -0.158. The highest BCUT2D eigenvalue weighted by molar-refractivity contribution is 5.73. The van der Waals surface area contributed by atoms with Gasteiger partial charge in [-0.15, -0.1) is 0 Å². The van der Waals surface area contributed by atoms with E-state index >= 15 is 0 Å². The van der Waals surface area contributed by atoms with E-state index in [1.807, 2.05) is 20.8 Å². The van der Waals surface area contributed by atoms with Crippen LogP contribution < -0.4 is 0 Å². The summed E-state index contributed by atoms with van der Waals surface area (Å²) in [6, 6.07) is 0. The fourth-order valence-corrected chi connectivity index (χ4v) is 1.20. The summed E-state index contributed by atoms with van der Waals surface area (Å²) >= 11 is 0. The molecular weight excluding hydrogens is 224 g/mol. The zero-order valence-electron chi connectivity index (χ0n) is 10.9. The predicted octanol–water partition coefficient (Wildman–Crippen LogP) is 1.69. The molecule has 0 rings (SSSR count). The van der Waals surface area contributed by atoms with Crippen molar-refractivity contribution in [2.45, 2.75) is 46.1 Å². The molecule has 0 radical (unpaired) electrons. The van der Waals surface area contributed by atoms with Gasteiger partial charge in [-0.25, -0.2) is 9.59 Å². The van der Waals surface area contributed by atoms with Crippen molar-refractivity contribution in [1.82, 2.24) is 0 Å². The molecule has 0 bridgehead atoms. The second-order valence-electron chi connectivity index (χ2n) is 3.80. The molecule has 0 amide bonds. The van der Waals surface area contributed by atoms with Crippen LogP contribution in [0.1, 0.15) is 40.0 Å². The van der Waals surface area contributed by atoms with Crippen molar-refractivity contribution < 1.29 is 23.8 Å². The number of hydrogen-bond donors (Lipinski definition) is 0. The molecule has 1 atom stereocenters. The molecule has 17 heavy (non-hydrogen) atoms. The molecule has 5 nitrogen and oxygen atoms in total. The Hall–Kier alpha value is -1.10. The highest BCUT2D eigenvalue weighted by atomic mass is 16.6. The van der Waals surface area contributed by atoms with E-state index in [1.54, 1.807) is 0 Å². The van der Waals surface area contributed by atoms with Crippen LogP contribution in [0.4, 0.5) is 0 Å². The van der Waals surface area contributed by atoms with E-state index < -0.39 is 11.9 Å². The first-order valence-corrected chi connectivity index (χ1v) is 6.03. The Morgan fingerprint density at radius 1 is 1.06 bits per heavy atom. The fourth-order valence-electron chi connectivity index (χ4n) is 1.20. The SMILES string of the molecule is CCCOC(=O)COCC(=O)OC(C)CCC. The van der Waals surface area contributed by atoms with Gasteiger partial charge in [0.05, 0.1) is 12.7 Å². The lowest BCUT2D eigenvalue weighted by Crippen LogP contribution is -2.22. The molecular formula is C12H22O5. The van der Waals surface area contributed by atoms with Crippen molar-refractivity contribution in [3.8, 4) is 0 Å². The highest BCUT2D eigenvalue weighted by Crippen LogP contribution is 2.01. The summed E-state index contributed by atoms with van der Waals surface area (Å²) in [6.45, 7) is 5.70. The summed E-state index contributed by atoms with van der Waals surface area (Å²) in [5, 5.41) is 0. The molecule has 5 heteroatoms. The van der Waals surface area contributed by atoms with Gasteiger partial charge in [0.25, 0.3) is 0 Å². The van der Waals surface area contributed by atoms with E-state index in [0.717, 1.165) is 19.3 Å². The molecule has 0 saturated carbocycles. The summed E-state index contributed by atoms with van der Waals surface area (Å²) in [6.07, 6.45) is 2.44. The molecule has 1 unspecified atom stereocenters. The second-order valence-corrected chi connectivity index (χ2v) is 3.80. The first-order chi connectivity index (χ1) is 8.10. The lowest BCUT2D eigenvalue weighted by atomic mass is 10.2. The van der Waals surface area contributed by atoms with Crippen molar-refractivity contribution in [1.29, 1.82) is 0 Å². The second kappa shape index (κ2) is 10.1. The molecule has 0 heterocycles. The van der Waals surface area contributed by atoms with Crippen LogP contribution in [0.15, 0.2) is 0 Å². The first kappa shape index (κ1) is 15.9. The van der Waals surface area contributed by atoms with E-state index in [4.69, 9.17) is 14.2 Å². The summed E-state index contributed by atoms with van der Waals surface area (Å²) < 4.78 is 14.7. The maximum absolute atomic E-state index is 11.2. The molecule has 0 aromatic rings. The minimum Gasteiger partial charge on any atom is -0.464 e. The number of ether oxygens (including phenoxy) is 3. The Labute approximate surface area is 102 Å². The van der Waals surface area contributed by atoms with Crippen LogP contribution in [0, 0.1) is 0 Å². The van der Waals surface area contributed by atoms with Crippen LogP contribution >= 0.6 is 0 Å². The monoisotopic (exact) mass is 246 g/mol. The average Bonchev–Trinajstić information content (AvgIpc) is 2.26. The normalized spacial score (nSPS) is 11.9. The molecule has 0 spiro atoms. The molecule has 0 fully saturated rings. The Bertz CT molecular complexity index is 227. The van der Waals surface area contributed by atoms with Gasteiger partial charge in [-0.05, 0) is 19.8 Å². The van der Waals surface area contributed by atoms with Crippen molar-refractivity contribution in [2.75, 3.05) is 19.8 Å². The predicted molar refractivity (Wildman–Crippen MR) is 62.5 cm³/mol. The van der Waals surface area contributed by atoms with Crippen LogP contribution in [-0.2, 0) is 23.8 Å². The van der Waals surface area contributed by atoms with Crippen LogP contribution in [0.3, 0.4) is 0 Å². The quantitative estimate of drug-likeness (QED) is 0.579. The van der Waals surface area contributed by atoms with Gasteiger partial charge in [0.15, 0.2) is 0 Å². The summed E-state index contributed by atoms with van der Waals surface area (Å²) in [5.74, 6) is -0.907. The standard InChI is InChI=1S/C12H22O5/c1-4-6-10(3)17-12(14)9-15-8-11(13)16-7-5-2/h10H,4-9H2,1-3H3. The van der Waals surface area contributed by atoms with Gasteiger partial charge in [-0.3, -0.25) is 0 Å². The Kier molecular flexibility index (Phi) is 9.43. The average molecular weight is 246 g/mol. The minimum absolute atomic E-state index is 0.108. The third-order valence-corrected chi connectivity index (χ3v) is 1.93. The van der Waals surface area contributed by atoms with E-state index in [0.29, 0.717) is 6.61 Å². The summed E-state index contributed by atoms with van der Waals surface area (Å²) in [4.78, 5) is 22.2. The largest absolute Gasteiger partial charge is 0.464 e. The first-order valence-electron chi connectivity index (χ1n) is 6.03. The van der Waals surface area contributed by atoms with E-state index in [-0.39, 0.29) is 19.3 Å². The molecule has 0 aromatic carbocycles. The van der Waals surface area contributed by atoms with Crippen molar-refractivity contribution in [3.05, 3.63) is 0 Å². The van der Waals surface area contributed by atoms with Gasteiger partial charge in [0.1, 0.15) is 13.2 Å². The third-order valence-electron chi connectivity index (χ3n) is 1.93. The van der Waals surface area contributed by atoms with Crippen LogP contribution in [-0.4, -0.2) is 37.9 Å². The van der Waals surface area contributed by atoms with Gasteiger partial charge in [0, 0.05) is 0 Å². The van der Waals surface area contributed by atoms with Crippen molar-refractivity contribution >= 4 is 11.9 Å². The summed E-state index contributed by atoms with van der Waals surface area (Å²) in [7, 11) is 0. The number of carbonyl (C=O) groups is 2. The van der Waals surface area contributed by atoms with E-state index in [2.05, 4.69) is 0 Å². The zero-order valence-corrected chi connectivity index (χ0v) is 10.9. The van der Waals surface area contributed by atoms with Crippen molar-refractivity contribution in [2.24, 2.45) is 0 Å².